The lowest BCUT2D eigenvalue weighted by atomic mass is 10.1. The highest BCUT2D eigenvalue weighted by Crippen LogP contribution is 2.29. The van der Waals surface area contributed by atoms with Crippen molar-refractivity contribution in [2.45, 2.75) is 6.92 Å². The first-order chi connectivity index (χ1) is 7.99. The summed E-state index contributed by atoms with van der Waals surface area (Å²) in [6, 6.07) is 6.77. The largest absolute Gasteiger partial charge is 0.399 e. The van der Waals surface area contributed by atoms with Crippen molar-refractivity contribution >= 4 is 17.3 Å². The minimum absolute atomic E-state index is 0.141. The lowest BCUT2D eigenvalue weighted by Crippen LogP contribution is -2.19. The molecule has 0 aliphatic carbocycles. The molecule has 0 fully saturated rings. The van der Waals surface area contributed by atoms with Gasteiger partial charge in [-0.1, -0.05) is 11.6 Å². The lowest BCUT2D eigenvalue weighted by molar-refractivity contribution is 0.708. The fourth-order valence-electron chi connectivity index (χ4n) is 1.61. The van der Waals surface area contributed by atoms with Gasteiger partial charge in [0.05, 0.1) is 10.7 Å². The Morgan fingerprint density at radius 3 is 2.71 bits per heavy atom. The van der Waals surface area contributed by atoms with E-state index < -0.39 is 0 Å². The van der Waals surface area contributed by atoms with Crippen molar-refractivity contribution in [2.75, 3.05) is 5.73 Å². The molecule has 1 heterocycles. The highest BCUT2D eigenvalue weighted by molar-refractivity contribution is 6.33. The van der Waals surface area contributed by atoms with Crippen LogP contribution in [0.3, 0.4) is 0 Å². The van der Waals surface area contributed by atoms with E-state index in [0.717, 1.165) is 11.1 Å². The van der Waals surface area contributed by atoms with Crippen LogP contribution in [0.4, 0.5) is 5.69 Å². The minimum Gasteiger partial charge on any atom is -0.399 e. The predicted octanol–water partition coefficient (Wildman–Crippen LogP) is 1.99. The summed E-state index contributed by atoms with van der Waals surface area (Å²) in [5, 5.41) is 4.74. The third-order valence-electron chi connectivity index (χ3n) is 2.53. The summed E-state index contributed by atoms with van der Waals surface area (Å²) < 4.78 is 1.29. The molecule has 5 heteroatoms. The van der Waals surface area contributed by atoms with Gasteiger partial charge in [-0.3, -0.25) is 4.79 Å². The summed E-state index contributed by atoms with van der Waals surface area (Å²) in [6.07, 6.45) is 0. The SMILES string of the molecule is Cc1cc(=O)n(C)nc1-c1ccc(N)cc1Cl. The molecule has 1 aromatic heterocycles. The summed E-state index contributed by atoms with van der Waals surface area (Å²) in [6.45, 7) is 1.83. The number of benzene rings is 1. The first-order valence-corrected chi connectivity index (χ1v) is 5.47. The van der Waals surface area contributed by atoms with E-state index in [1.807, 2.05) is 6.92 Å². The molecule has 2 N–H and O–H groups in total. The molecule has 0 amide bonds. The van der Waals surface area contributed by atoms with Crippen molar-refractivity contribution < 1.29 is 0 Å². The van der Waals surface area contributed by atoms with E-state index in [1.165, 1.54) is 10.7 Å². The zero-order chi connectivity index (χ0) is 12.6. The first kappa shape index (κ1) is 11.7. The van der Waals surface area contributed by atoms with E-state index in [4.69, 9.17) is 17.3 Å². The Hall–Kier alpha value is -1.81. The third kappa shape index (κ3) is 2.17. The lowest BCUT2D eigenvalue weighted by Gasteiger charge is -2.08. The maximum Gasteiger partial charge on any atom is 0.266 e. The number of hydrogen-bond acceptors (Lipinski definition) is 3. The van der Waals surface area contributed by atoms with Crippen molar-refractivity contribution in [3.05, 3.63) is 45.2 Å². The molecule has 0 atom stereocenters. The van der Waals surface area contributed by atoms with E-state index in [0.29, 0.717) is 16.4 Å². The van der Waals surface area contributed by atoms with Crippen LogP contribution in [0.15, 0.2) is 29.1 Å². The van der Waals surface area contributed by atoms with Gasteiger partial charge in [0.25, 0.3) is 5.56 Å². The molecule has 1 aromatic carbocycles. The van der Waals surface area contributed by atoms with Crippen molar-refractivity contribution in [3.63, 3.8) is 0 Å². The Bertz CT molecular complexity index is 634. The Morgan fingerprint density at radius 1 is 1.35 bits per heavy atom. The molecule has 0 unspecified atom stereocenters. The van der Waals surface area contributed by atoms with Gasteiger partial charge in [0.15, 0.2) is 0 Å². The fourth-order valence-corrected chi connectivity index (χ4v) is 1.89. The summed E-state index contributed by atoms with van der Waals surface area (Å²) in [4.78, 5) is 11.4. The topological polar surface area (TPSA) is 60.9 Å². The third-order valence-corrected chi connectivity index (χ3v) is 2.84. The number of nitrogen functional groups attached to an aromatic ring is 1. The van der Waals surface area contributed by atoms with Gasteiger partial charge >= 0.3 is 0 Å². The summed E-state index contributed by atoms with van der Waals surface area (Å²) in [5.41, 5.74) is 8.35. The monoisotopic (exact) mass is 249 g/mol. The normalized spacial score (nSPS) is 10.5. The van der Waals surface area contributed by atoms with Crippen LogP contribution in [-0.2, 0) is 7.05 Å². The molecule has 0 radical (unpaired) electrons. The van der Waals surface area contributed by atoms with Crippen LogP contribution in [0.25, 0.3) is 11.3 Å². The maximum absolute atomic E-state index is 11.4. The summed E-state index contributed by atoms with van der Waals surface area (Å²) in [5.74, 6) is 0. The Balaban J connectivity index is 2.68. The van der Waals surface area contributed by atoms with E-state index >= 15 is 0 Å². The number of hydrogen-bond donors (Lipinski definition) is 1. The van der Waals surface area contributed by atoms with Gasteiger partial charge < -0.3 is 5.73 Å². The summed E-state index contributed by atoms with van der Waals surface area (Å²) >= 11 is 6.12. The molecule has 0 spiro atoms. The van der Waals surface area contributed by atoms with Crippen LogP contribution >= 0.6 is 11.6 Å². The predicted molar refractivity (Wildman–Crippen MR) is 69.1 cm³/mol. The molecule has 0 aliphatic rings. The van der Waals surface area contributed by atoms with Crippen LogP contribution in [0.5, 0.6) is 0 Å². The van der Waals surface area contributed by atoms with Crippen LogP contribution in [0, 0.1) is 6.92 Å². The first-order valence-electron chi connectivity index (χ1n) is 5.09. The Labute approximate surface area is 104 Å². The Morgan fingerprint density at radius 2 is 2.06 bits per heavy atom. The average Bonchev–Trinajstić information content (AvgIpc) is 2.24. The second-order valence-electron chi connectivity index (χ2n) is 3.88. The Kier molecular flexibility index (Phi) is 2.90. The number of nitrogens with two attached hydrogens (primary N) is 1. The van der Waals surface area contributed by atoms with Gasteiger partial charge in [0, 0.05) is 24.4 Å². The molecule has 0 saturated heterocycles. The van der Waals surface area contributed by atoms with Crippen molar-refractivity contribution in [3.8, 4) is 11.3 Å². The van der Waals surface area contributed by atoms with Crippen LogP contribution in [-0.4, -0.2) is 9.78 Å². The van der Waals surface area contributed by atoms with E-state index in [-0.39, 0.29) is 5.56 Å². The highest BCUT2D eigenvalue weighted by Gasteiger charge is 2.10. The molecule has 2 aromatic rings. The van der Waals surface area contributed by atoms with Crippen LogP contribution < -0.4 is 11.3 Å². The molecule has 88 valence electrons. The molecule has 0 saturated carbocycles. The van der Waals surface area contributed by atoms with Gasteiger partial charge in [-0.15, -0.1) is 0 Å². The molecule has 4 nitrogen and oxygen atoms in total. The molecular formula is C12H12ClN3O. The van der Waals surface area contributed by atoms with Crippen molar-refractivity contribution in [1.82, 2.24) is 9.78 Å². The molecule has 0 aliphatic heterocycles. The van der Waals surface area contributed by atoms with Crippen molar-refractivity contribution in [1.29, 1.82) is 0 Å². The molecule has 0 bridgehead atoms. The second-order valence-corrected chi connectivity index (χ2v) is 4.28. The zero-order valence-electron chi connectivity index (χ0n) is 9.57. The number of aromatic nitrogens is 2. The summed E-state index contributed by atoms with van der Waals surface area (Å²) in [7, 11) is 1.61. The van der Waals surface area contributed by atoms with Gasteiger partial charge in [-0.2, -0.15) is 5.10 Å². The van der Waals surface area contributed by atoms with Gasteiger partial charge in [-0.25, -0.2) is 4.68 Å². The zero-order valence-corrected chi connectivity index (χ0v) is 10.3. The smallest absolute Gasteiger partial charge is 0.266 e. The van der Waals surface area contributed by atoms with Gasteiger partial charge in [0.2, 0.25) is 0 Å². The maximum atomic E-state index is 11.4. The van der Waals surface area contributed by atoms with Gasteiger partial charge in [-0.05, 0) is 30.7 Å². The number of nitrogens with zero attached hydrogens (tertiary/aromatic N) is 2. The quantitative estimate of drug-likeness (QED) is 0.787. The highest BCUT2D eigenvalue weighted by atomic mass is 35.5. The molecule has 2 rings (SSSR count). The molecular weight excluding hydrogens is 238 g/mol. The average molecular weight is 250 g/mol. The minimum atomic E-state index is -0.141. The van der Waals surface area contributed by atoms with Crippen molar-refractivity contribution in [2.24, 2.45) is 7.05 Å². The van der Waals surface area contributed by atoms with E-state index in [2.05, 4.69) is 5.10 Å². The van der Waals surface area contributed by atoms with Crippen LogP contribution in [0.1, 0.15) is 5.56 Å². The molecule has 17 heavy (non-hydrogen) atoms. The van der Waals surface area contributed by atoms with Gasteiger partial charge in [0.1, 0.15) is 0 Å². The standard InChI is InChI=1S/C12H12ClN3O/c1-7-5-11(17)16(2)15-12(7)9-4-3-8(14)6-10(9)13/h3-6H,14H2,1-2H3. The fraction of sp³-hybridized carbons (Fsp3) is 0.167. The second kappa shape index (κ2) is 4.22. The van der Waals surface area contributed by atoms with Crippen LogP contribution in [0.2, 0.25) is 5.02 Å². The number of rotatable bonds is 1. The number of aryl methyl sites for hydroxylation is 2. The number of halogens is 1. The van der Waals surface area contributed by atoms with E-state index in [1.54, 1.807) is 25.2 Å². The number of anilines is 1. The van der Waals surface area contributed by atoms with E-state index in [9.17, 15) is 4.79 Å².